The van der Waals surface area contributed by atoms with Crippen LogP contribution in [0.15, 0.2) is 6.20 Å². The van der Waals surface area contributed by atoms with Gasteiger partial charge in [-0.3, -0.25) is 9.82 Å². The maximum Gasteiger partial charge on any atom is 0.233 e. The zero-order valence-corrected chi connectivity index (χ0v) is 8.48. The summed E-state index contributed by atoms with van der Waals surface area (Å²) in [4.78, 5) is 0. The largest absolute Gasteiger partial charge is 0.268 e. The summed E-state index contributed by atoms with van der Waals surface area (Å²) in [6, 6.07) is 0. The van der Waals surface area contributed by atoms with E-state index in [2.05, 4.69) is 14.9 Å². The molecule has 2 N–H and O–H groups in total. The van der Waals surface area contributed by atoms with Crippen LogP contribution in [0.4, 0.5) is 5.82 Å². The van der Waals surface area contributed by atoms with Crippen molar-refractivity contribution in [2.75, 3.05) is 10.5 Å². The molecule has 6 heteroatoms. The van der Waals surface area contributed by atoms with E-state index >= 15 is 0 Å². The minimum absolute atomic E-state index is 0.0647. The van der Waals surface area contributed by atoms with Gasteiger partial charge < -0.3 is 0 Å². The second kappa shape index (κ2) is 3.78. The Morgan fingerprint density at radius 2 is 2.23 bits per heavy atom. The molecule has 13 heavy (non-hydrogen) atoms. The van der Waals surface area contributed by atoms with Crippen LogP contribution in [0.5, 0.6) is 0 Å². The third-order valence-electron chi connectivity index (χ3n) is 1.74. The number of rotatable bonds is 4. The van der Waals surface area contributed by atoms with Crippen molar-refractivity contribution in [3.05, 3.63) is 11.8 Å². The Kier molecular flexibility index (Phi) is 2.92. The second-order valence-corrected chi connectivity index (χ2v) is 4.64. The van der Waals surface area contributed by atoms with E-state index in [-0.39, 0.29) is 5.75 Å². The molecule has 0 fully saturated rings. The van der Waals surface area contributed by atoms with E-state index in [1.165, 1.54) is 0 Å². The van der Waals surface area contributed by atoms with E-state index in [9.17, 15) is 8.42 Å². The summed E-state index contributed by atoms with van der Waals surface area (Å²) in [6.45, 7) is 3.53. The summed E-state index contributed by atoms with van der Waals surface area (Å²) in [5, 5.41) is 6.37. The molecule has 74 valence electrons. The standard InChI is InChI=1S/C7H13N3O2S/c1-3-6-5-8-9-7(6)10-13(11,12)4-2/h5H,3-4H2,1-2H3,(H2,8,9,10). The second-order valence-electron chi connectivity index (χ2n) is 2.63. The Morgan fingerprint density at radius 1 is 1.54 bits per heavy atom. The van der Waals surface area contributed by atoms with Gasteiger partial charge in [-0.25, -0.2) is 8.42 Å². The first-order chi connectivity index (χ1) is 6.09. The highest BCUT2D eigenvalue weighted by Gasteiger charge is 2.10. The van der Waals surface area contributed by atoms with Crippen LogP contribution in [0.2, 0.25) is 0 Å². The molecule has 1 rings (SSSR count). The fourth-order valence-corrected chi connectivity index (χ4v) is 1.53. The average molecular weight is 203 g/mol. The number of aromatic nitrogens is 2. The van der Waals surface area contributed by atoms with Crippen molar-refractivity contribution in [3.63, 3.8) is 0 Å². The number of hydrogen-bond acceptors (Lipinski definition) is 3. The third kappa shape index (κ3) is 2.45. The number of aromatic amines is 1. The number of nitrogens with zero attached hydrogens (tertiary/aromatic N) is 1. The minimum atomic E-state index is -3.20. The van der Waals surface area contributed by atoms with E-state index < -0.39 is 10.0 Å². The van der Waals surface area contributed by atoms with Crippen LogP contribution >= 0.6 is 0 Å². The van der Waals surface area contributed by atoms with E-state index in [1.807, 2.05) is 6.92 Å². The van der Waals surface area contributed by atoms with Gasteiger partial charge in [0.2, 0.25) is 10.0 Å². The lowest BCUT2D eigenvalue weighted by atomic mass is 10.3. The van der Waals surface area contributed by atoms with E-state index in [1.54, 1.807) is 13.1 Å². The lowest BCUT2D eigenvalue weighted by Gasteiger charge is -2.04. The smallest absolute Gasteiger partial charge is 0.233 e. The summed E-state index contributed by atoms with van der Waals surface area (Å²) < 4.78 is 24.8. The lowest BCUT2D eigenvalue weighted by molar-refractivity contribution is 0.602. The molecule has 0 unspecified atom stereocenters. The SMILES string of the molecule is CCc1cn[nH]c1NS(=O)(=O)CC. The fraction of sp³-hybridized carbons (Fsp3) is 0.571. The molecule has 0 aliphatic heterocycles. The number of nitrogens with one attached hydrogen (secondary N) is 2. The highest BCUT2D eigenvalue weighted by atomic mass is 32.2. The van der Waals surface area contributed by atoms with E-state index in [0.717, 1.165) is 12.0 Å². The number of hydrogen-bond donors (Lipinski definition) is 2. The molecule has 1 aromatic heterocycles. The van der Waals surface area contributed by atoms with Gasteiger partial charge in [0, 0.05) is 5.56 Å². The van der Waals surface area contributed by atoms with Crippen LogP contribution in [0.3, 0.4) is 0 Å². The summed E-state index contributed by atoms with van der Waals surface area (Å²) in [6.07, 6.45) is 2.37. The molecule has 0 atom stereocenters. The van der Waals surface area contributed by atoms with Crippen molar-refractivity contribution >= 4 is 15.8 Å². The first-order valence-electron chi connectivity index (χ1n) is 4.11. The van der Waals surface area contributed by atoms with E-state index in [0.29, 0.717) is 5.82 Å². The normalized spacial score (nSPS) is 11.5. The molecule has 0 radical (unpaired) electrons. The number of aryl methyl sites for hydroxylation is 1. The van der Waals surface area contributed by atoms with Crippen molar-refractivity contribution in [1.82, 2.24) is 10.2 Å². The number of H-pyrrole nitrogens is 1. The van der Waals surface area contributed by atoms with Crippen molar-refractivity contribution in [3.8, 4) is 0 Å². The predicted octanol–water partition coefficient (Wildman–Crippen LogP) is 0.734. The number of sulfonamides is 1. The Balaban J connectivity index is 2.86. The van der Waals surface area contributed by atoms with Crippen molar-refractivity contribution in [1.29, 1.82) is 0 Å². The van der Waals surface area contributed by atoms with Crippen molar-refractivity contribution in [2.45, 2.75) is 20.3 Å². The number of anilines is 1. The first-order valence-corrected chi connectivity index (χ1v) is 5.77. The van der Waals surface area contributed by atoms with Gasteiger partial charge >= 0.3 is 0 Å². The van der Waals surface area contributed by atoms with Crippen LogP contribution in [-0.4, -0.2) is 24.4 Å². The van der Waals surface area contributed by atoms with Crippen LogP contribution in [0.25, 0.3) is 0 Å². The molecule has 0 amide bonds. The van der Waals surface area contributed by atoms with Gasteiger partial charge in [-0.15, -0.1) is 0 Å². The Hall–Kier alpha value is -1.04. The topological polar surface area (TPSA) is 74.8 Å². The maximum atomic E-state index is 11.2. The molecule has 0 spiro atoms. The van der Waals surface area contributed by atoms with Crippen molar-refractivity contribution < 1.29 is 8.42 Å². The van der Waals surface area contributed by atoms with Crippen LogP contribution < -0.4 is 4.72 Å². The summed E-state index contributed by atoms with van der Waals surface area (Å²) in [5.41, 5.74) is 0.872. The van der Waals surface area contributed by atoms with Gasteiger partial charge in [0.1, 0.15) is 5.82 Å². The molecule has 5 nitrogen and oxygen atoms in total. The monoisotopic (exact) mass is 203 g/mol. The van der Waals surface area contributed by atoms with E-state index in [4.69, 9.17) is 0 Å². The minimum Gasteiger partial charge on any atom is -0.268 e. The summed E-state index contributed by atoms with van der Waals surface area (Å²) >= 11 is 0. The highest BCUT2D eigenvalue weighted by molar-refractivity contribution is 7.92. The zero-order valence-electron chi connectivity index (χ0n) is 7.66. The molecule has 0 aliphatic rings. The van der Waals surface area contributed by atoms with Gasteiger partial charge in [0.25, 0.3) is 0 Å². The van der Waals surface area contributed by atoms with Crippen LogP contribution in [-0.2, 0) is 16.4 Å². The molecule has 0 saturated carbocycles. The highest BCUT2D eigenvalue weighted by Crippen LogP contribution is 2.12. The molecule has 0 aromatic carbocycles. The molecule has 0 saturated heterocycles. The Bertz CT molecular complexity index is 369. The van der Waals surface area contributed by atoms with Gasteiger partial charge in [-0.1, -0.05) is 6.92 Å². The van der Waals surface area contributed by atoms with Gasteiger partial charge in [-0.2, -0.15) is 5.10 Å². The molecular weight excluding hydrogens is 190 g/mol. The first kappa shape index (κ1) is 10.0. The Labute approximate surface area is 77.6 Å². The summed E-state index contributed by atoms with van der Waals surface area (Å²) in [7, 11) is -3.20. The maximum absolute atomic E-state index is 11.2. The Morgan fingerprint density at radius 3 is 2.77 bits per heavy atom. The van der Waals surface area contributed by atoms with Crippen molar-refractivity contribution in [2.24, 2.45) is 0 Å². The molecule has 0 aliphatic carbocycles. The van der Waals surface area contributed by atoms with Gasteiger partial charge in [0.15, 0.2) is 0 Å². The van der Waals surface area contributed by atoms with Gasteiger partial charge in [0.05, 0.1) is 11.9 Å². The third-order valence-corrected chi connectivity index (χ3v) is 3.01. The zero-order chi connectivity index (χ0) is 9.90. The molecule has 1 aromatic rings. The van der Waals surface area contributed by atoms with Crippen LogP contribution in [0, 0.1) is 0 Å². The van der Waals surface area contributed by atoms with Crippen LogP contribution in [0.1, 0.15) is 19.4 Å². The summed E-state index contributed by atoms with van der Waals surface area (Å²) in [5.74, 6) is 0.541. The lowest BCUT2D eigenvalue weighted by Crippen LogP contribution is -2.15. The molecule has 0 bridgehead atoms. The quantitative estimate of drug-likeness (QED) is 0.757. The average Bonchev–Trinajstić information content (AvgIpc) is 2.51. The molecular formula is C7H13N3O2S. The van der Waals surface area contributed by atoms with Gasteiger partial charge in [-0.05, 0) is 13.3 Å². The molecule has 1 heterocycles. The predicted molar refractivity (Wildman–Crippen MR) is 51.0 cm³/mol. The fourth-order valence-electron chi connectivity index (χ4n) is 0.895.